The lowest BCUT2D eigenvalue weighted by molar-refractivity contribution is -0.0493. The zero-order valence-electron chi connectivity index (χ0n) is 8.67. The molecule has 0 heterocycles. The minimum Gasteiger partial charge on any atom is -0.433 e. The van der Waals surface area contributed by atoms with Gasteiger partial charge in [-0.3, -0.25) is 0 Å². The molecule has 1 aromatic carbocycles. The number of halogens is 2. The van der Waals surface area contributed by atoms with Crippen molar-refractivity contribution >= 4 is 5.69 Å². The van der Waals surface area contributed by atoms with Crippen molar-refractivity contribution in [3.8, 4) is 5.75 Å². The maximum absolute atomic E-state index is 12.0. The molecule has 2 nitrogen and oxygen atoms in total. The van der Waals surface area contributed by atoms with Gasteiger partial charge in [0.2, 0.25) is 0 Å². The molecule has 1 N–H and O–H groups in total. The number of unbranched alkanes of at least 4 members (excludes halogenated alkanes) is 1. The fraction of sp³-hybridized carbons (Fsp3) is 0.455. The first-order valence-corrected chi connectivity index (χ1v) is 5.01. The Labute approximate surface area is 88.3 Å². The average molecular weight is 215 g/mol. The minimum absolute atomic E-state index is 0.198. The van der Waals surface area contributed by atoms with E-state index in [2.05, 4.69) is 17.0 Å². The smallest absolute Gasteiger partial charge is 0.387 e. The summed E-state index contributed by atoms with van der Waals surface area (Å²) in [6.45, 7) is 0.0581. The number of para-hydroxylation sites is 2. The van der Waals surface area contributed by atoms with Crippen LogP contribution in [0, 0.1) is 0 Å². The second-order valence-corrected chi connectivity index (χ2v) is 3.15. The van der Waals surface area contributed by atoms with Crippen LogP contribution in [-0.4, -0.2) is 13.2 Å². The molecule has 0 saturated carbocycles. The third kappa shape index (κ3) is 4.14. The van der Waals surface area contributed by atoms with Gasteiger partial charge < -0.3 is 10.1 Å². The Morgan fingerprint density at radius 3 is 2.73 bits per heavy atom. The van der Waals surface area contributed by atoms with Gasteiger partial charge in [0.25, 0.3) is 0 Å². The van der Waals surface area contributed by atoms with Gasteiger partial charge in [-0.25, -0.2) is 0 Å². The Kier molecular flexibility index (Phi) is 4.87. The fourth-order valence-corrected chi connectivity index (χ4v) is 1.21. The zero-order chi connectivity index (χ0) is 11.1. The Balaban J connectivity index is 2.60. The van der Waals surface area contributed by atoms with Gasteiger partial charge in [-0.2, -0.15) is 8.78 Å². The number of rotatable bonds is 6. The predicted molar refractivity (Wildman–Crippen MR) is 56.5 cm³/mol. The summed E-state index contributed by atoms with van der Waals surface area (Å²) >= 11 is 0. The van der Waals surface area contributed by atoms with E-state index in [1.54, 1.807) is 18.2 Å². The summed E-state index contributed by atoms with van der Waals surface area (Å²) in [6, 6.07) is 6.71. The molecule has 0 radical (unpaired) electrons. The van der Waals surface area contributed by atoms with Crippen LogP contribution in [0.5, 0.6) is 5.75 Å². The third-order valence-electron chi connectivity index (χ3n) is 1.95. The monoisotopic (exact) mass is 215 g/mol. The fourth-order valence-electron chi connectivity index (χ4n) is 1.21. The predicted octanol–water partition coefficient (Wildman–Crippen LogP) is 3.50. The van der Waals surface area contributed by atoms with E-state index in [0.29, 0.717) is 5.69 Å². The van der Waals surface area contributed by atoms with Crippen molar-refractivity contribution in [3.63, 3.8) is 0 Å². The summed E-state index contributed by atoms with van der Waals surface area (Å²) in [5, 5.41) is 3.06. The molecule has 0 fully saturated rings. The lowest BCUT2D eigenvalue weighted by atomic mass is 10.2. The molecule has 0 saturated heterocycles. The summed E-state index contributed by atoms with van der Waals surface area (Å²) < 4.78 is 28.5. The van der Waals surface area contributed by atoms with E-state index in [-0.39, 0.29) is 5.75 Å². The number of anilines is 1. The molecule has 1 rings (SSSR count). The topological polar surface area (TPSA) is 21.3 Å². The highest BCUT2D eigenvalue weighted by Gasteiger charge is 2.07. The standard InChI is InChI=1S/C11H15F2NO/c1-2-3-8-14-9-6-4-5-7-10(9)15-11(12)13/h4-7,11,14H,2-3,8H2,1H3. The van der Waals surface area contributed by atoms with E-state index >= 15 is 0 Å². The van der Waals surface area contributed by atoms with Gasteiger partial charge >= 0.3 is 6.61 Å². The summed E-state index contributed by atoms with van der Waals surface area (Å²) in [5.41, 5.74) is 0.617. The largest absolute Gasteiger partial charge is 0.433 e. The molecule has 0 amide bonds. The molecule has 1 aromatic rings. The lowest BCUT2D eigenvalue weighted by Gasteiger charge is -2.11. The Morgan fingerprint density at radius 2 is 2.07 bits per heavy atom. The van der Waals surface area contributed by atoms with E-state index < -0.39 is 6.61 Å². The zero-order valence-corrected chi connectivity index (χ0v) is 8.67. The van der Waals surface area contributed by atoms with E-state index in [1.807, 2.05) is 0 Å². The van der Waals surface area contributed by atoms with Gasteiger partial charge in [0.15, 0.2) is 0 Å². The van der Waals surface area contributed by atoms with Crippen molar-refractivity contribution in [2.75, 3.05) is 11.9 Å². The molecule has 0 aliphatic heterocycles. The number of hydrogen-bond donors (Lipinski definition) is 1. The van der Waals surface area contributed by atoms with Gasteiger partial charge in [-0.05, 0) is 18.6 Å². The molecular weight excluding hydrogens is 200 g/mol. The van der Waals surface area contributed by atoms with Gasteiger partial charge in [0.1, 0.15) is 5.75 Å². The van der Waals surface area contributed by atoms with E-state index in [9.17, 15) is 8.78 Å². The molecular formula is C11H15F2NO. The molecule has 84 valence electrons. The molecule has 0 unspecified atom stereocenters. The van der Waals surface area contributed by atoms with Gasteiger partial charge in [-0.15, -0.1) is 0 Å². The van der Waals surface area contributed by atoms with Crippen LogP contribution in [0.1, 0.15) is 19.8 Å². The molecule has 0 bridgehead atoms. The first-order chi connectivity index (χ1) is 7.24. The van der Waals surface area contributed by atoms with Gasteiger partial charge in [-0.1, -0.05) is 25.5 Å². The Hall–Kier alpha value is -1.32. The second-order valence-electron chi connectivity index (χ2n) is 3.15. The summed E-state index contributed by atoms with van der Waals surface area (Å²) in [5.74, 6) is 0.198. The highest BCUT2D eigenvalue weighted by molar-refractivity contribution is 5.56. The van der Waals surface area contributed by atoms with Crippen LogP contribution >= 0.6 is 0 Å². The van der Waals surface area contributed by atoms with Crippen molar-refractivity contribution in [2.45, 2.75) is 26.4 Å². The van der Waals surface area contributed by atoms with Crippen LogP contribution in [0.2, 0.25) is 0 Å². The highest BCUT2D eigenvalue weighted by Crippen LogP contribution is 2.25. The first-order valence-electron chi connectivity index (χ1n) is 5.01. The van der Waals surface area contributed by atoms with Crippen molar-refractivity contribution < 1.29 is 13.5 Å². The van der Waals surface area contributed by atoms with Crippen LogP contribution in [0.3, 0.4) is 0 Å². The Bertz CT molecular complexity index is 292. The lowest BCUT2D eigenvalue weighted by Crippen LogP contribution is -2.07. The van der Waals surface area contributed by atoms with Crippen molar-refractivity contribution in [3.05, 3.63) is 24.3 Å². The number of hydrogen-bond acceptors (Lipinski definition) is 2. The average Bonchev–Trinajstić information content (AvgIpc) is 2.20. The normalized spacial score (nSPS) is 10.4. The molecule has 0 atom stereocenters. The molecule has 15 heavy (non-hydrogen) atoms. The van der Waals surface area contributed by atoms with Crippen molar-refractivity contribution in [1.29, 1.82) is 0 Å². The van der Waals surface area contributed by atoms with Crippen LogP contribution < -0.4 is 10.1 Å². The maximum atomic E-state index is 12.0. The van der Waals surface area contributed by atoms with Crippen LogP contribution in [0.25, 0.3) is 0 Å². The van der Waals surface area contributed by atoms with Gasteiger partial charge in [0.05, 0.1) is 5.69 Å². The molecule has 0 spiro atoms. The van der Waals surface area contributed by atoms with Crippen molar-refractivity contribution in [2.24, 2.45) is 0 Å². The number of ether oxygens (including phenoxy) is 1. The highest BCUT2D eigenvalue weighted by atomic mass is 19.3. The summed E-state index contributed by atoms with van der Waals surface area (Å²) in [4.78, 5) is 0. The van der Waals surface area contributed by atoms with Crippen LogP contribution in [0.15, 0.2) is 24.3 Å². The van der Waals surface area contributed by atoms with Crippen LogP contribution in [0.4, 0.5) is 14.5 Å². The molecule has 0 aliphatic carbocycles. The number of benzene rings is 1. The van der Waals surface area contributed by atoms with E-state index in [1.165, 1.54) is 6.07 Å². The summed E-state index contributed by atoms with van der Waals surface area (Å²) in [7, 11) is 0. The quantitative estimate of drug-likeness (QED) is 0.733. The van der Waals surface area contributed by atoms with E-state index in [0.717, 1.165) is 19.4 Å². The summed E-state index contributed by atoms with van der Waals surface area (Å²) in [6.07, 6.45) is 2.06. The first kappa shape index (κ1) is 11.8. The minimum atomic E-state index is -2.78. The number of nitrogens with one attached hydrogen (secondary N) is 1. The van der Waals surface area contributed by atoms with Gasteiger partial charge in [0, 0.05) is 6.54 Å². The third-order valence-corrected chi connectivity index (χ3v) is 1.95. The van der Waals surface area contributed by atoms with Crippen LogP contribution in [-0.2, 0) is 0 Å². The number of alkyl halides is 2. The van der Waals surface area contributed by atoms with E-state index in [4.69, 9.17) is 0 Å². The van der Waals surface area contributed by atoms with Crippen molar-refractivity contribution in [1.82, 2.24) is 0 Å². The SMILES string of the molecule is CCCCNc1ccccc1OC(F)F. The second kappa shape index (κ2) is 6.22. The Morgan fingerprint density at radius 1 is 1.33 bits per heavy atom. The maximum Gasteiger partial charge on any atom is 0.387 e. The molecule has 4 heteroatoms. The molecule has 0 aliphatic rings. The molecule has 0 aromatic heterocycles.